The maximum absolute atomic E-state index is 11.6. The molecule has 15 heavy (non-hydrogen) atoms. The predicted molar refractivity (Wildman–Crippen MR) is 59.5 cm³/mol. The monoisotopic (exact) mass is 214 g/mol. The standard InChI is InChI=1S/C11H22N2O2/c1-3-8(4-2)6-13-11(15)10-5-9(14)7-12-10/h8-10,12,14H,3-7H2,1-2H3,(H,13,15). The first-order valence-electron chi connectivity index (χ1n) is 5.86. The van der Waals surface area contributed by atoms with Crippen molar-refractivity contribution in [2.24, 2.45) is 5.92 Å². The van der Waals surface area contributed by atoms with E-state index in [-0.39, 0.29) is 18.1 Å². The fourth-order valence-corrected chi connectivity index (χ4v) is 1.86. The molecule has 0 bridgehead atoms. The van der Waals surface area contributed by atoms with Crippen molar-refractivity contribution < 1.29 is 9.90 Å². The number of carbonyl (C=O) groups is 1. The largest absolute Gasteiger partial charge is 0.392 e. The fraction of sp³-hybridized carbons (Fsp3) is 0.909. The first-order chi connectivity index (χ1) is 7.17. The molecule has 88 valence electrons. The Bertz CT molecular complexity index is 205. The van der Waals surface area contributed by atoms with Gasteiger partial charge in [0.2, 0.25) is 5.91 Å². The summed E-state index contributed by atoms with van der Waals surface area (Å²) in [6.07, 6.45) is 2.36. The molecule has 1 aliphatic heterocycles. The van der Waals surface area contributed by atoms with E-state index in [2.05, 4.69) is 24.5 Å². The molecule has 2 unspecified atom stereocenters. The Morgan fingerprint density at radius 1 is 1.53 bits per heavy atom. The second-order valence-electron chi connectivity index (χ2n) is 4.28. The average molecular weight is 214 g/mol. The molecule has 0 spiro atoms. The zero-order valence-electron chi connectivity index (χ0n) is 9.62. The lowest BCUT2D eigenvalue weighted by Crippen LogP contribution is -2.42. The number of aliphatic hydroxyl groups is 1. The van der Waals surface area contributed by atoms with Gasteiger partial charge >= 0.3 is 0 Å². The van der Waals surface area contributed by atoms with Crippen LogP contribution in [0.3, 0.4) is 0 Å². The van der Waals surface area contributed by atoms with Gasteiger partial charge in [-0.25, -0.2) is 0 Å². The number of amides is 1. The summed E-state index contributed by atoms with van der Waals surface area (Å²) in [6.45, 7) is 5.55. The van der Waals surface area contributed by atoms with Crippen LogP contribution >= 0.6 is 0 Å². The average Bonchev–Trinajstić information content (AvgIpc) is 2.66. The van der Waals surface area contributed by atoms with E-state index in [1.807, 2.05) is 0 Å². The summed E-state index contributed by atoms with van der Waals surface area (Å²) >= 11 is 0. The molecule has 0 radical (unpaired) electrons. The Balaban J connectivity index is 2.23. The molecule has 0 aromatic heterocycles. The van der Waals surface area contributed by atoms with Gasteiger partial charge in [0.1, 0.15) is 0 Å². The zero-order valence-corrected chi connectivity index (χ0v) is 9.62. The summed E-state index contributed by atoms with van der Waals surface area (Å²) in [5, 5.41) is 15.2. The third-order valence-electron chi connectivity index (χ3n) is 3.14. The van der Waals surface area contributed by atoms with E-state index in [4.69, 9.17) is 0 Å². The molecule has 1 amide bonds. The summed E-state index contributed by atoms with van der Waals surface area (Å²) in [5.74, 6) is 0.596. The molecule has 0 aromatic rings. The minimum Gasteiger partial charge on any atom is -0.392 e. The van der Waals surface area contributed by atoms with Gasteiger partial charge in [-0.1, -0.05) is 26.7 Å². The third-order valence-corrected chi connectivity index (χ3v) is 3.14. The highest BCUT2D eigenvalue weighted by atomic mass is 16.3. The van der Waals surface area contributed by atoms with Gasteiger partial charge in [-0.2, -0.15) is 0 Å². The molecule has 4 heteroatoms. The molecule has 4 nitrogen and oxygen atoms in total. The van der Waals surface area contributed by atoms with Crippen molar-refractivity contribution >= 4 is 5.91 Å². The lowest BCUT2D eigenvalue weighted by molar-refractivity contribution is -0.123. The maximum Gasteiger partial charge on any atom is 0.237 e. The third kappa shape index (κ3) is 3.80. The molecule has 1 aliphatic rings. The lowest BCUT2D eigenvalue weighted by Gasteiger charge is -2.15. The van der Waals surface area contributed by atoms with Crippen LogP contribution in [0.1, 0.15) is 33.1 Å². The topological polar surface area (TPSA) is 61.4 Å². The Kier molecular flexibility index (Phi) is 5.05. The van der Waals surface area contributed by atoms with Crippen LogP contribution in [0.15, 0.2) is 0 Å². The molecular weight excluding hydrogens is 192 g/mol. The smallest absolute Gasteiger partial charge is 0.237 e. The molecule has 1 heterocycles. The Morgan fingerprint density at radius 2 is 2.20 bits per heavy atom. The normalized spacial score (nSPS) is 25.9. The highest BCUT2D eigenvalue weighted by Crippen LogP contribution is 2.08. The Morgan fingerprint density at radius 3 is 2.67 bits per heavy atom. The molecule has 1 rings (SSSR count). The minimum atomic E-state index is -0.367. The van der Waals surface area contributed by atoms with Gasteiger partial charge < -0.3 is 15.7 Å². The van der Waals surface area contributed by atoms with Gasteiger partial charge in [-0.05, 0) is 12.3 Å². The summed E-state index contributed by atoms with van der Waals surface area (Å²) in [6, 6.07) is -0.200. The van der Waals surface area contributed by atoms with Crippen molar-refractivity contribution in [3.8, 4) is 0 Å². The van der Waals surface area contributed by atoms with Crippen LogP contribution in [-0.4, -0.2) is 36.2 Å². The van der Waals surface area contributed by atoms with Crippen LogP contribution < -0.4 is 10.6 Å². The number of β-amino-alcohol motifs (C(OH)–C–C–N with tert-alkyl or cyclic N) is 1. The maximum atomic E-state index is 11.6. The van der Waals surface area contributed by atoms with Crippen molar-refractivity contribution in [2.45, 2.75) is 45.3 Å². The van der Waals surface area contributed by atoms with Crippen molar-refractivity contribution in [2.75, 3.05) is 13.1 Å². The molecule has 1 fully saturated rings. The van der Waals surface area contributed by atoms with Crippen LogP contribution in [0.25, 0.3) is 0 Å². The predicted octanol–water partition coefficient (Wildman–Crippen LogP) is 0.262. The molecule has 0 aromatic carbocycles. The van der Waals surface area contributed by atoms with Gasteiger partial charge in [0.25, 0.3) is 0 Å². The van der Waals surface area contributed by atoms with Crippen molar-refractivity contribution in [1.29, 1.82) is 0 Å². The molecule has 1 saturated heterocycles. The summed E-state index contributed by atoms with van der Waals surface area (Å²) < 4.78 is 0. The van der Waals surface area contributed by atoms with Crippen LogP contribution in [0.2, 0.25) is 0 Å². The van der Waals surface area contributed by atoms with E-state index in [1.54, 1.807) is 0 Å². The van der Waals surface area contributed by atoms with Crippen LogP contribution in [0.4, 0.5) is 0 Å². The van der Waals surface area contributed by atoms with E-state index in [0.717, 1.165) is 19.4 Å². The summed E-state index contributed by atoms with van der Waals surface area (Å²) in [5.41, 5.74) is 0. The summed E-state index contributed by atoms with van der Waals surface area (Å²) in [4.78, 5) is 11.6. The van der Waals surface area contributed by atoms with E-state index in [9.17, 15) is 9.90 Å². The number of rotatable bonds is 5. The van der Waals surface area contributed by atoms with Crippen LogP contribution in [0.5, 0.6) is 0 Å². The van der Waals surface area contributed by atoms with E-state index >= 15 is 0 Å². The molecule has 0 saturated carbocycles. The summed E-state index contributed by atoms with van der Waals surface area (Å²) in [7, 11) is 0. The molecule has 3 N–H and O–H groups in total. The lowest BCUT2D eigenvalue weighted by atomic mass is 10.0. The number of hydrogen-bond acceptors (Lipinski definition) is 3. The first kappa shape index (κ1) is 12.5. The Labute approximate surface area is 91.4 Å². The van der Waals surface area contributed by atoms with Gasteiger partial charge in [0.05, 0.1) is 12.1 Å². The molecule has 2 atom stereocenters. The van der Waals surface area contributed by atoms with E-state index in [1.165, 1.54) is 0 Å². The second-order valence-corrected chi connectivity index (χ2v) is 4.28. The van der Waals surface area contributed by atoms with Crippen molar-refractivity contribution in [3.05, 3.63) is 0 Å². The fourth-order valence-electron chi connectivity index (χ4n) is 1.86. The molecular formula is C11H22N2O2. The number of nitrogens with one attached hydrogen (secondary N) is 2. The van der Waals surface area contributed by atoms with Crippen molar-refractivity contribution in [1.82, 2.24) is 10.6 Å². The second kappa shape index (κ2) is 6.08. The number of carbonyl (C=O) groups excluding carboxylic acids is 1. The number of hydrogen-bond donors (Lipinski definition) is 3. The Hall–Kier alpha value is -0.610. The van der Waals surface area contributed by atoms with Gasteiger partial charge in [0.15, 0.2) is 0 Å². The highest BCUT2D eigenvalue weighted by Gasteiger charge is 2.27. The van der Waals surface area contributed by atoms with Crippen LogP contribution in [-0.2, 0) is 4.79 Å². The quantitative estimate of drug-likeness (QED) is 0.615. The first-order valence-corrected chi connectivity index (χ1v) is 5.86. The SMILES string of the molecule is CCC(CC)CNC(=O)C1CC(O)CN1. The van der Waals surface area contributed by atoms with E-state index in [0.29, 0.717) is 18.9 Å². The van der Waals surface area contributed by atoms with Gasteiger partial charge in [-0.3, -0.25) is 4.79 Å². The highest BCUT2D eigenvalue weighted by molar-refractivity contribution is 5.82. The number of aliphatic hydroxyl groups excluding tert-OH is 1. The van der Waals surface area contributed by atoms with Crippen molar-refractivity contribution in [3.63, 3.8) is 0 Å². The van der Waals surface area contributed by atoms with Gasteiger partial charge in [0, 0.05) is 13.1 Å². The van der Waals surface area contributed by atoms with E-state index < -0.39 is 0 Å². The minimum absolute atomic E-state index is 0.0263. The van der Waals surface area contributed by atoms with Gasteiger partial charge in [-0.15, -0.1) is 0 Å². The zero-order chi connectivity index (χ0) is 11.3. The molecule has 0 aliphatic carbocycles. The van der Waals surface area contributed by atoms with Crippen LogP contribution in [0, 0.1) is 5.92 Å².